The van der Waals surface area contributed by atoms with E-state index < -0.39 is 11.7 Å². The molecule has 0 saturated carbocycles. The Morgan fingerprint density at radius 3 is 2.23 bits per heavy atom. The lowest BCUT2D eigenvalue weighted by Gasteiger charge is -2.40. The van der Waals surface area contributed by atoms with Gasteiger partial charge in [0.05, 0.1) is 5.56 Å². The number of amides is 2. The van der Waals surface area contributed by atoms with E-state index in [0.717, 1.165) is 34.4 Å². The molecular formula is C32H32F3N5O2S. The molecule has 2 amide bonds. The highest BCUT2D eigenvalue weighted by molar-refractivity contribution is 7.99. The number of hydrogen-bond donors (Lipinski definition) is 0. The first-order chi connectivity index (χ1) is 20.7. The van der Waals surface area contributed by atoms with Crippen LogP contribution in [0.15, 0.2) is 90.1 Å². The Labute approximate surface area is 252 Å². The number of alkyl halides is 3. The molecule has 43 heavy (non-hydrogen) atoms. The van der Waals surface area contributed by atoms with E-state index in [9.17, 15) is 22.8 Å². The number of nitrogens with zero attached hydrogens (tertiary/aromatic N) is 5. The molecule has 0 bridgehead atoms. The molecule has 3 aromatic carbocycles. The molecular weight excluding hydrogens is 575 g/mol. The molecule has 1 aliphatic rings. The van der Waals surface area contributed by atoms with Crippen molar-refractivity contribution in [3.8, 4) is 5.69 Å². The number of hydrogen-bond acceptors (Lipinski definition) is 5. The van der Waals surface area contributed by atoms with Crippen LogP contribution in [-0.4, -0.2) is 67.8 Å². The molecule has 1 atom stereocenters. The van der Waals surface area contributed by atoms with Crippen molar-refractivity contribution in [1.29, 1.82) is 0 Å². The van der Waals surface area contributed by atoms with Gasteiger partial charge in [-0.25, -0.2) is 0 Å². The van der Waals surface area contributed by atoms with E-state index in [1.165, 1.54) is 12.1 Å². The maximum Gasteiger partial charge on any atom is 0.416 e. The summed E-state index contributed by atoms with van der Waals surface area (Å²) in [5, 5.41) is 9.71. The van der Waals surface area contributed by atoms with Crippen LogP contribution in [0, 0.1) is 0 Å². The summed E-state index contributed by atoms with van der Waals surface area (Å²) in [6, 6.07) is 24.1. The largest absolute Gasteiger partial charge is 0.416 e. The monoisotopic (exact) mass is 607 g/mol. The first kappa shape index (κ1) is 30.3. The van der Waals surface area contributed by atoms with E-state index in [-0.39, 0.29) is 23.4 Å². The first-order valence-corrected chi connectivity index (χ1v) is 15.1. The topological polar surface area (TPSA) is 71.3 Å². The van der Waals surface area contributed by atoms with Crippen molar-refractivity contribution < 1.29 is 22.8 Å². The number of thioether (sulfide) groups is 1. The lowest BCUT2D eigenvalue weighted by molar-refractivity contribution is -0.137. The van der Waals surface area contributed by atoms with Gasteiger partial charge in [-0.15, -0.1) is 10.2 Å². The van der Waals surface area contributed by atoms with Crippen molar-refractivity contribution in [3.05, 3.63) is 107 Å². The van der Waals surface area contributed by atoms with Gasteiger partial charge < -0.3 is 9.80 Å². The Kier molecular flexibility index (Phi) is 9.49. The summed E-state index contributed by atoms with van der Waals surface area (Å²) in [7, 11) is 0. The summed E-state index contributed by atoms with van der Waals surface area (Å²) < 4.78 is 40.7. The molecule has 1 aliphatic heterocycles. The number of para-hydroxylation sites is 1. The van der Waals surface area contributed by atoms with Crippen molar-refractivity contribution in [2.75, 3.05) is 25.4 Å². The average Bonchev–Trinajstić information content (AvgIpc) is 3.41. The molecule has 4 aromatic rings. The molecule has 1 fully saturated rings. The van der Waals surface area contributed by atoms with Gasteiger partial charge in [0.25, 0.3) is 5.91 Å². The van der Waals surface area contributed by atoms with Gasteiger partial charge in [-0.05, 0) is 55.3 Å². The zero-order valence-corrected chi connectivity index (χ0v) is 24.5. The molecule has 0 radical (unpaired) electrons. The minimum atomic E-state index is -4.45. The van der Waals surface area contributed by atoms with E-state index in [1.807, 2.05) is 55.5 Å². The zero-order chi connectivity index (χ0) is 30.4. The summed E-state index contributed by atoms with van der Waals surface area (Å²) >= 11 is 1.56. The SMILES string of the molecule is CC1CN(C(=O)CCCSc2nnc(Cc3ccccc3)n2-c2ccccc2)CCN1C(=O)c1ccc(C(F)(F)F)cc1. The van der Waals surface area contributed by atoms with E-state index >= 15 is 0 Å². The molecule has 1 aromatic heterocycles. The lowest BCUT2D eigenvalue weighted by Crippen LogP contribution is -2.55. The number of rotatable bonds is 9. The third kappa shape index (κ3) is 7.45. The van der Waals surface area contributed by atoms with Crippen LogP contribution in [0.3, 0.4) is 0 Å². The standard InChI is InChI=1S/C32H32F3N5O2S/c1-23-22-38(18-19-39(23)30(42)25-14-16-26(17-15-25)32(33,34)35)29(41)13-8-20-43-31-37-36-28(21-24-9-4-2-5-10-24)40(31)27-11-6-3-7-12-27/h2-7,9-12,14-17,23H,8,13,18-22H2,1H3. The highest BCUT2D eigenvalue weighted by atomic mass is 32.2. The van der Waals surface area contributed by atoms with Gasteiger partial charge in [-0.1, -0.05) is 60.3 Å². The van der Waals surface area contributed by atoms with Crippen molar-refractivity contribution >= 4 is 23.6 Å². The highest BCUT2D eigenvalue weighted by Crippen LogP contribution is 2.29. The Hall–Kier alpha value is -4.12. The summed E-state index contributed by atoms with van der Waals surface area (Å²) in [4.78, 5) is 29.3. The first-order valence-electron chi connectivity index (χ1n) is 14.1. The van der Waals surface area contributed by atoms with Gasteiger partial charge in [0.15, 0.2) is 5.16 Å². The Morgan fingerprint density at radius 2 is 1.58 bits per heavy atom. The van der Waals surface area contributed by atoms with Gasteiger partial charge in [0, 0.05) is 55.5 Å². The molecule has 2 heterocycles. The highest BCUT2D eigenvalue weighted by Gasteiger charge is 2.32. The molecule has 0 aliphatic carbocycles. The Morgan fingerprint density at radius 1 is 0.907 bits per heavy atom. The fourth-order valence-corrected chi connectivity index (χ4v) is 6.03. The molecule has 0 spiro atoms. The van der Waals surface area contributed by atoms with Crippen molar-refractivity contribution in [2.24, 2.45) is 0 Å². The van der Waals surface area contributed by atoms with Crippen LogP contribution >= 0.6 is 11.8 Å². The van der Waals surface area contributed by atoms with E-state index in [2.05, 4.69) is 26.9 Å². The number of aromatic nitrogens is 3. The molecule has 1 saturated heterocycles. The number of carbonyl (C=O) groups excluding carboxylic acids is 2. The van der Waals surface area contributed by atoms with Gasteiger partial charge in [-0.2, -0.15) is 13.2 Å². The minimum absolute atomic E-state index is 0.0170. The van der Waals surface area contributed by atoms with Crippen LogP contribution in [0.2, 0.25) is 0 Å². The van der Waals surface area contributed by atoms with E-state index in [0.29, 0.717) is 44.6 Å². The van der Waals surface area contributed by atoms with Gasteiger partial charge in [-0.3, -0.25) is 14.2 Å². The van der Waals surface area contributed by atoms with Crippen LogP contribution in [0.4, 0.5) is 13.2 Å². The van der Waals surface area contributed by atoms with E-state index in [4.69, 9.17) is 0 Å². The predicted octanol–water partition coefficient (Wildman–Crippen LogP) is 6.12. The number of carbonyl (C=O) groups is 2. The van der Waals surface area contributed by atoms with Gasteiger partial charge in [0.2, 0.25) is 5.91 Å². The summed E-state index contributed by atoms with van der Waals surface area (Å²) in [5.41, 5.74) is 1.53. The average molecular weight is 608 g/mol. The maximum atomic E-state index is 13.0. The van der Waals surface area contributed by atoms with Crippen molar-refractivity contribution in [1.82, 2.24) is 24.6 Å². The normalized spacial score (nSPS) is 15.5. The fourth-order valence-electron chi connectivity index (χ4n) is 5.12. The quantitative estimate of drug-likeness (QED) is 0.169. The Balaban J connectivity index is 1.13. The third-order valence-corrected chi connectivity index (χ3v) is 8.40. The smallest absolute Gasteiger partial charge is 0.339 e. The molecule has 224 valence electrons. The second-order valence-corrected chi connectivity index (χ2v) is 11.5. The van der Waals surface area contributed by atoms with E-state index in [1.54, 1.807) is 21.6 Å². The lowest BCUT2D eigenvalue weighted by atomic mass is 10.1. The predicted molar refractivity (Wildman–Crippen MR) is 159 cm³/mol. The molecule has 1 unspecified atom stereocenters. The van der Waals surface area contributed by atoms with Crippen LogP contribution < -0.4 is 0 Å². The van der Waals surface area contributed by atoms with Crippen LogP contribution in [-0.2, 0) is 17.4 Å². The van der Waals surface area contributed by atoms with Gasteiger partial charge >= 0.3 is 6.18 Å². The van der Waals surface area contributed by atoms with Crippen molar-refractivity contribution in [2.45, 2.75) is 43.6 Å². The van der Waals surface area contributed by atoms with Gasteiger partial charge in [0.1, 0.15) is 5.82 Å². The summed E-state index contributed by atoms with van der Waals surface area (Å²) in [6.07, 6.45) is -2.79. The summed E-state index contributed by atoms with van der Waals surface area (Å²) in [5.74, 6) is 1.21. The third-order valence-electron chi connectivity index (χ3n) is 7.39. The Bertz CT molecular complexity index is 1530. The van der Waals surface area contributed by atoms with Crippen LogP contribution in [0.5, 0.6) is 0 Å². The maximum absolute atomic E-state index is 13.0. The van der Waals surface area contributed by atoms with Crippen molar-refractivity contribution in [3.63, 3.8) is 0 Å². The minimum Gasteiger partial charge on any atom is -0.339 e. The number of halogens is 3. The molecule has 5 rings (SSSR count). The zero-order valence-electron chi connectivity index (χ0n) is 23.7. The molecule has 11 heteroatoms. The summed E-state index contributed by atoms with van der Waals surface area (Å²) in [6.45, 7) is 2.93. The second-order valence-electron chi connectivity index (χ2n) is 10.4. The number of piperazine rings is 1. The molecule has 0 N–H and O–H groups in total. The molecule has 7 nitrogen and oxygen atoms in total. The number of benzene rings is 3. The van der Waals surface area contributed by atoms with Crippen LogP contribution in [0.1, 0.15) is 47.1 Å². The second kappa shape index (κ2) is 13.5. The van der Waals surface area contributed by atoms with Crippen LogP contribution in [0.25, 0.3) is 5.69 Å². The fraction of sp³-hybridized carbons (Fsp3) is 0.312.